The van der Waals surface area contributed by atoms with E-state index in [9.17, 15) is 13.6 Å². The predicted octanol–water partition coefficient (Wildman–Crippen LogP) is 4.57. The van der Waals surface area contributed by atoms with Crippen molar-refractivity contribution >= 4 is 23.5 Å². The van der Waals surface area contributed by atoms with Crippen molar-refractivity contribution in [3.8, 4) is 0 Å². The number of likely N-dealkylation sites (tertiary alicyclic amines) is 1. The third-order valence-corrected chi connectivity index (χ3v) is 6.54. The Morgan fingerprint density at radius 3 is 2.49 bits per heavy atom. The van der Waals surface area contributed by atoms with Gasteiger partial charge in [-0.3, -0.25) is 19.7 Å². The molecule has 7 nitrogen and oxygen atoms in total. The van der Waals surface area contributed by atoms with Crippen molar-refractivity contribution in [3.63, 3.8) is 0 Å². The summed E-state index contributed by atoms with van der Waals surface area (Å²) in [5.41, 5.74) is 9.51. The highest BCUT2D eigenvalue weighted by Crippen LogP contribution is 2.33. The molecule has 9 heteroatoms. The number of nitrogens with zero attached hydrogens (tertiary/aromatic N) is 4. The zero-order valence-corrected chi connectivity index (χ0v) is 22.2. The van der Waals surface area contributed by atoms with E-state index in [1.165, 1.54) is 11.1 Å². The van der Waals surface area contributed by atoms with Gasteiger partial charge in [-0.05, 0) is 76.2 Å². The van der Waals surface area contributed by atoms with E-state index in [4.69, 9.17) is 5.73 Å². The van der Waals surface area contributed by atoms with Crippen LogP contribution in [0.4, 0.5) is 14.5 Å². The number of nitrogens with two attached hydrogens (primary N) is 1. The number of piperidine rings is 1. The van der Waals surface area contributed by atoms with Crippen LogP contribution in [-0.4, -0.2) is 67.3 Å². The summed E-state index contributed by atoms with van der Waals surface area (Å²) < 4.78 is 29.7. The molecule has 2 aromatic rings. The first kappa shape index (κ1) is 28.0. The van der Waals surface area contributed by atoms with Gasteiger partial charge in [0.05, 0.1) is 5.69 Å². The minimum atomic E-state index is -0.647. The molecular formula is C28H36F2N6O. The van der Waals surface area contributed by atoms with Crippen molar-refractivity contribution < 1.29 is 13.6 Å². The summed E-state index contributed by atoms with van der Waals surface area (Å²) in [5, 5.41) is 3.29. The van der Waals surface area contributed by atoms with E-state index in [1.54, 1.807) is 33.4 Å². The number of pyridine rings is 1. The highest BCUT2D eigenvalue weighted by molar-refractivity contribution is 6.04. The molecule has 0 unspecified atom stereocenters. The first-order chi connectivity index (χ1) is 17.6. The second-order valence-corrected chi connectivity index (χ2v) is 9.54. The zero-order valence-electron chi connectivity index (χ0n) is 22.2. The van der Waals surface area contributed by atoms with Crippen molar-refractivity contribution in [2.24, 2.45) is 10.7 Å². The number of carbonyl (C=O) groups is 1. The Morgan fingerprint density at radius 2 is 1.92 bits per heavy atom. The highest BCUT2D eigenvalue weighted by Gasteiger charge is 2.27. The maximum atomic E-state index is 14.8. The largest absolute Gasteiger partial charge is 0.404 e. The van der Waals surface area contributed by atoms with E-state index in [2.05, 4.69) is 33.2 Å². The fourth-order valence-electron chi connectivity index (χ4n) is 4.65. The summed E-state index contributed by atoms with van der Waals surface area (Å²) in [7, 11) is 4.80. The summed E-state index contributed by atoms with van der Waals surface area (Å²) >= 11 is 0. The van der Waals surface area contributed by atoms with Crippen LogP contribution in [0.15, 0.2) is 47.2 Å². The molecule has 1 saturated heterocycles. The molecule has 3 rings (SSSR count). The Labute approximate surface area is 217 Å². The van der Waals surface area contributed by atoms with E-state index < -0.39 is 17.5 Å². The van der Waals surface area contributed by atoms with Gasteiger partial charge in [-0.15, -0.1) is 0 Å². The molecule has 2 heterocycles. The number of amidine groups is 1. The first-order valence-electron chi connectivity index (χ1n) is 12.3. The van der Waals surface area contributed by atoms with Crippen LogP contribution in [0.2, 0.25) is 0 Å². The van der Waals surface area contributed by atoms with Gasteiger partial charge >= 0.3 is 0 Å². The van der Waals surface area contributed by atoms with Crippen LogP contribution in [0, 0.1) is 18.6 Å². The van der Waals surface area contributed by atoms with Gasteiger partial charge in [-0.2, -0.15) is 0 Å². The number of amides is 1. The lowest BCUT2D eigenvalue weighted by Crippen LogP contribution is -2.34. The van der Waals surface area contributed by atoms with Gasteiger partial charge in [-0.1, -0.05) is 11.6 Å². The smallest absolute Gasteiger partial charge is 0.253 e. The number of aliphatic imine (C=N–C) groups is 1. The number of rotatable bonds is 7. The zero-order chi connectivity index (χ0) is 27.1. The number of aryl methyl sites for hydroxylation is 1. The molecule has 0 atom stereocenters. The molecule has 0 saturated carbocycles. The van der Waals surface area contributed by atoms with E-state index in [0.29, 0.717) is 18.7 Å². The number of benzene rings is 1. The maximum Gasteiger partial charge on any atom is 0.253 e. The molecule has 0 aliphatic carbocycles. The number of hydrogen-bond acceptors (Lipinski definition) is 5. The lowest BCUT2D eigenvalue weighted by Gasteiger charge is -2.32. The number of aromatic nitrogens is 1. The standard InChI is InChI=1S/C28H36F2N6O/c1-18(14-22-19(2)33-11-7-25(22)34-26(32-3)6-10-31)17-36-12-8-20(9-13-36)27-23(29)15-21(16-24(27)30)28(37)35(4)5/h6-7,10-11,14-16,20H,8-9,12-13,17,31H2,1-5H3,(H,32,33,34)/b10-6-,18-14+. The molecule has 1 aromatic carbocycles. The van der Waals surface area contributed by atoms with Crippen LogP contribution in [0.5, 0.6) is 0 Å². The van der Waals surface area contributed by atoms with Crippen molar-refractivity contribution in [3.05, 3.63) is 76.3 Å². The van der Waals surface area contributed by atoms with Gasteiger partial charge in [0.25, 0.3) is 5.91 Å². The second kappa shape index (κ2) is 12.6. The number of halogens is 2. The summed E-state index contributed by atoms with van der Waals surface area (Å²) in [4.78, 5) is 24.3. The first-order valence-corrected chi connectivity index (χ1v) is 12.3. The van der Waals surface area contributed by atoms with Crippen molar-refractivity contribution in [1.82, 2.24) is 14.8 Å². The molecule has 0 radical (unpaired) electrons. The van der Waals surface area contributed by atoms with Crippen LogP contribution >= 0.6 is 0 Å². The number of nitrogens with one attached hydrogen (secondary N) is 1. The van der Waals surface area contributed by atoms with Gasteiger partial charge in [0, 0.05) is 56.3 Å². The molecule has 1 amide bonds. The van der Waals surface area contributed by atoms with Gasteiger partial charge in [-0.25, -0.2) is 8.78 Å². The van der Waals surface area contributed by atoms with E-state index >= 15 is 0 Å². The lowest BCUT2D eigenvalue weighted by atomic mass is 9.87. The summed E-state index contributed by atoms with van der Waals surface area (Å²) in [6.07, 6.45) is 8.26. The van der Waals surface area contributed by atoms with Crippen LogP contribution in [0.3, 0.4) is 0 Å². The van der Waals surface area contributed by atoms with Crippen molar-refractivity contribution in [2.45, 2.75) is 32.6 Å². The molecule has 0 spiro atoms. The second-order valence-electron chi connectivity index (χ2n) is 9.54. The normalized spacial score (nSPS) is 15.9. The Hall–Kier alpha value is -3.59. The molecule has 0 bridgehead atoms. The average molecular weight is 511 g/mol. The van der Waals surface area contributed by atoms with Crippen molar-refractivity contribution in [1.29, 1.82) is 0 Å². The number of hydrogen-bond donors (Lipinski definition) is 2. The van der Waals surface area contributed by atoms with Gasteiger partial charge in [0.15, 0.2) is 0 Å². The Morgan fingerprint density at radius 1 is 1.27 bits per heavy atom. The van der Waals surface area contributed by atoms with E-state index in [0.717, 1.165) is 54.3 Å². The number of carbonyl (C=O) groups excluding carboxylic acids is 1. The average Bonchev–Trinajstić information content (AvgIpc) is 2.85. The summed E-state index contributed by atoms with van der Waals surface area (Å²) in [6.45, 7) is 6.20. The van der Waals surface area contributed by atoms with Crippen LogP contribution < -0.4 is 11.1 Å². The molecular weight excluding hydrogens is 474 g/mol. The minimum Gasteiger partial charge on any atom is -0.404 e. The molecule has 1 aliphatic heterocycles. The highest BCUT2D eigenvalue weighted by atomic mass is 19.1. The van der Waals surface area contributed by atoms with E-state index in [-0.39, 0.29) is 17.0 Å². The quantitative estimate of drug-likeness (QED) is 0.421. The molecule has 198 valence electrons. The summed E-state index contributed by atoms with van der Waals surface area (Å²) in [5.74, 6) is -1.29. The predicted molar refractivity (Wildman–Crippen MR) is 146 cm³/mol. The van der Waals surface area contributed by atoms with Gasteiger partial charge in [0.1, 0.15) is 17.5 Å². The van der Waals surface area contributed by atoms with Crippen molar-refractivity contribution in [2.75, 3.05) is 46.1 Å². The third kappa shape index (κ3) is 7.01. The molecule has 37 heavy (non-hydrogen) atoms. The Kier molecular flexibility index (Phi) is 9.52. The lowest BCUT2D eigenvalue weighted by molar-refractivity contribution is 0.0826. The summed E-state index contributed by atoms with van der Waals surface area (Å²) in [6, 6.07) is 4.20. The molecule has 3 N–H and O–H groups in total. The Bertz CT molecular complexity index is 1190. The van der Waals surface area contributed by atoms with Gasteiger partial charge in [0.2, 0.25) is 0 Å². The van der Waals surface area contributed by atoms with E-state index in [1.807, 2.05) is 13.0 Å². The fraction of sp³-hybridized carbons (Fsp3) is 0.393. The Balaban J connectivity index is 1.69. The number of anilines is 1. The molecule has 1 fully saturated rings. The molecule has 1 aliphatic rings. The maximum absolute atomic E-state index is 14.8. The van der Waals surface area contributed by atoms with Crippen LogP contribution in [-0.2, 0) is 0 Å². The minimum absolute atomic E-state index is 0.0258. The van der Waals surface area contributed by atoms with Crippen LogP contribution in [0.1, 0.15) is 52.9 Å². The van der Waals surface area contributed by atoms with Crippen LogP contribution in [0.25, 0.3) is 6.08 Å². The molecule has 1 aromatic heterocycles. The third-order valence-electron chi connectivity index (χ3n) is 6.54. The fourth-order valence-corrected chi connectivity index (χ4v) is 4.65. The SMILES string of the molecule is CN=C(/C=C\N)Nc1ccnc(C)c1/C=C(\C)CN1CCC(c2c(F)cc(C(=O)N(C)C)cc2F)CC1. The van der Waals surface area contributed by atoms with Gasteiger partial charge < -0.3 is 16.0 Å². The monoisotopic (exact) mass is 510 g/mol. The topological polar surface area (TPSA) is 86.8 Å².